The smallest absolute Gasteiger partial charge is 0.875 e. The van der Waals surface area contributed by atoms with Gasteiger partial charge >= 0.3 is 17.4 Å². The summed E-state index contributed by atoms with van der Waals surface area (Å²) in [6.07, 6.45) is 0. The molecule has 0 aromatic carbocycles. The molecule has 0 unspecified atom stereocenters. The molecule has 0 saturated heterocycles. The van der Waals surface area contributed by atoms with Gasteiger partial charge in [-0.05, 0) is 62.3 Å². The van der Waals surface area contributed by atoms with E-state index in [2.05, 4.69) is 19.7 Å². The largest absolute Gasteiger partial charge is 3.00 e. The topological polar surface area (TPSA) is 223 Å². The van der Waals surface area contributed by atoms with Gasteiger partial charge in [-0.3, -0.25) is 43.2 Å². The van der Waals surface area contributed by atoms with Crippen molar-refractivity contribution in [3.63, 3.8) is 0 Å². The first-order chi connectivity index (χ1) is 17.3. The molecule has 0 atom stereocenters. The quantitative estimate of drug-likeness (QED) is 0.146. The molecule has 0 aliphatic heterocycles. The summed E-state index contributed by atoms with van der Waals surface area (Å²) in [5.74, 6) is -9.81. The summed E-state index contributed by atoms with van der Waals surface area (Å²) in [5, 5.41) is 33.1. The van der Waals surface area contributed by atoms with Crippen LogP contribution in [0.4, 0.5) is 0 Å². The second-order valence-electron chi connectivity index (χ2n) is 8.53. The van der Waals surface area contributed by atoms with E-state index in [9.17, 15) is 58.5 Å². The first-order valence-electron chi connectivity index (χ1n) is 11.0. The van der Waals surface area contributed by atoms with E-state index in [0.29, 0.717) is 0 Å². The van der Waals surface area contributed by atoms with Crippen molar-refractivity contribution in [2.45, 2.75) is 62.3 Å². The minimum atomic E-state index is -2.17. The molecule has 0 aromatic heterocycles. The van der Waals surface area contributed by atoms with Crippen molar-refractivity contribution in [1.82, 2.24) is 0 Å². The second kappa shape index (κ2) is 16.3. The Kier molecular flexibility index (Phi) is 17.6. The Hall–Kier alpha value is -3.82. The Balaban J connectivity index is -0.000000240. The zero-order chi connectivity index (χ0) is 32.4. The van der Waals surface area contributed by atoms with Crippen LogP contribution in [-0.2, 0) is 43.2 Å². The third kappa shape index (κ3) is 8.10. The molecule has 0 N–H and O–H groups in total. The molecular formula is C27H33AlO12. The number of allylic oxidation sites excluding steroid dienone is 3. The number of Topliss-reactive ketones (excluding diaryl/α,β-unsaturated/α-hetero) is 9. The van der Waals surface area contributed by atoms with Crippen LogP contribution in [-0.4, -0.2) is 69.4 Å². The molecular weight excluding hydrogens is 543 g/mol. The molecule has 0 heterocycles. The number of ketones is 9. The first kappa shape index (κ1) is 43.2. The Morgan fingerprint density at radius 2 is 0.425 bits per heavy atom. The van der Waals surface area contributed by atoms with Crippen molar-refractivity contribution in [2.75, 3.05) is 0 Å². The Morgan fingerprint density at radius 1 is 0.350 bits per heavy atom. The minimum absolute atomic E-state index is 0. The normalized spacial score (nSPS) is 10.4. The molecule has 0 spiro atoms. The van der Waals surface area contributed by atoms with Gasteiger partial charge in [0.1, 0.15) is 0 Å². The summed E-state index contributed by atoms with van der Waals surface area (Å²) in [6, 6.07) is 0. The zero-order valence-electron chi connectivity index (χ0n) is 24.1. The van der Waals surface area contributed by atoms with Crippen LogP contribution in [0.5, 0.6) is 0 Å². The average molecular weight is 577 g/mol. The van der Waals surface area contributed by atoms with Gasteiger partial charge in [-0.2, -0.15) is 0 Å². The SMILES string of the molecule is C=C([O-])C(C(C)=O)(C(C)=O)C(C)=O.C=C([O-])C(C(C)=O)(C(C)=O)C(C)=O.C=C([O-])C(C(C)=O)(C(C)=O)C(C)=O.[Al+3]. The molecule has 0 bridgehead atoms. The summed E-state index contributed by atoms with van der Waals surface area (Å²) >= 11 is 0. The van der Waals surface area contributed by atoms with E-state index in [1.165, 1.54) is 0 Å². The van der Waals surface area contributed by atoms with Crippen molar-refractivity contribution < 1.29 is 58.5 Å². The molecule has 40 heavy (non-hydrogen) atoms. The van der Waals surface area contributed by atoms with Crippen molar-refractivity contribution in [3.8, 4) is 0 Å². The predicted octanol–water partition coefficient (Wildman–Crippen LogP) is -1.54. The second-order valence-corrected chi connectivity index (χ2v) is 8.53. The van der Waals surface area contributed by atoms with E-state index in [0.717, 1.165) is 62.3 Å². The fourth-order valence-electron chi connectivity index (χ4n) is 4.00. The molecule has 12 nitrogen and oxygen atoms in total. The van der Waals surface area contributed by atoms with Gasteiger partial charge < -0.3 is 15.3 Å². The van der Waals surface area contributed by atoms with E-state index in [4.69, 9.17) is 0 Å². The number of hydrogen-bond donors (Lipinski definition) is 0. The average Bonchev–Trinajstić information content (AvgIpc) is 2.66. The maximum atomic E-state index is 11.1. The van der Waals surface area contributed by atoms with Gasteiger partial charge in [0.15, 0.2) is 68.3 Å². The van der Waals surface area contributed by atoms with Gasteiger partial charge in [0.2, 0.25) is 0 Å². The predicted molar refractivity (Wildman–Crippen MR) is 137 cm³/mol. The molecule has 0 aliphatic rings. The Morgan fingerprint density at radius 3 is 0.425 bits per heavy atom. The van der Waals surface area contributed by atoms with E-state index in [1.807, 2.05) is 0 Å². The summed E-state index contributed by atoms with van der Waals surface area (Å²) in [7, 11) is 0. The van der Waals surface area contributed by atoms with Crippen LogP contribution < -0.4 is 15.3 Å². The molecule has 0 aliphatic carbocycles. The van der Waals surface area contributed by atoms with Gasteiger partial charge in [0.25, 0.3) is 0 Å². The van der Waals surface area contributed by atoms with Crippen LogP contribution in [0.25, 0.3) is 0 Å². The maximum Gasteiger partial charge on any atom is 3.00 e. The van der Waals surface area contributed by atoms with Crippen molar-refractivity contribution in [2.24, 2.45) is 16.2 Å². The van der Waals surface area contributed by atoms with Crippen molar-refractivity contribution in [1.29, 1.82) is 0 Å². The summed E-state index contributed by atoms with van der Waals surface area (Å²) in [5.41, 5.74) is -6.50. The van der Waals surface area contributed by atoms with Crippen LogP contribution in [0.1, 0.15) is 62.3 Å². The fourth-order valence-corrected chi connectivity index (χ4v) is 4.00. The van der Waals surface area contributed by atoms with Crippen LogP contribution >= 0.6 is 0 Å². The number of carbonyl (C=O) groups is 9. The summed E-state index contributed by atoms with van der Waals surface area (Å²) in [4.78, 5) is 99.8. The Bertz CT molecular complexity index is 829. The molecule has 0 amide bonds. The van der Waals surface area contributed by atoms with E-state index >= 15 is 0 Å². The third-order valence-electron chi connectivity index (χ3n) is 6.01. The third-order valence-corrected chi connectivity index (χ3v) is 6.01. The van der Waals surface area contributed by atoms with Crippen LogP contribution in [0.15, 0.2) is 37.0 Å². The number of carbonyl (C=O) groups excluding carboxylic acids is 9. The standard InChI is InChI=1S/3C9H12O4.Al/c3*1-5(10)9(6(2)11,7(3)12)8(4)13;/h3*10H,1H2,2-4H3;/q;;;+3/p-3. The minimum Gasteiger partial charge on any atom is -0.875 e. The molecule has 13 heteroatoms. The Labute approximate surface area is 243 Å². The molecule has 0 fully saturated rings. The molecule has 0 aromatic rings. The fraction of sp³-hybridized carbons (Fsp3) is 0.444. The van der Waals surface area contributed by atoms with Crippen LogP contribution in [0.2, 0.25) is 0 Å². The van der Waals surface area contributed by atoms with Gasteiger partial charge in [0.05, 0.1) is 0 Å². The molecule has 0 saturated carbocycles. The number of hydrogen-bond acceptors (Lipinski definition) is 12. The van der Waals surface area contributed by atoms with Gasteiger partial charge in [0, 0.05) is 0 Å². The van der Waals surface area contributed by atoms with Gasteiger partial charge in [-0.1, -0.05) is 0 Å². The van der Waals surface area contributed by atoms with E-state index < -0.39 is 85.6 Å². The maximum absolute atomic E-state index is 11.1. The molecule has 0 radical (unpaired) electrons. The molecule has 216 valence electrons. The summed E-state index contributed by atoms with van der Waals surface area (Å²) < 4.78 is 0. The van der Waals surface area contributed by atoms with E-state index in [1.54, 1.807) is 0 Å². The van der Waals surface area contributed by atoms with Gasteiger partial charge in [-0.15, -0.1) is 37.0 Å². The first-order valence-corrected chi connectivity index (χ1v) is 11.0. The van der Waals surface area contributed by atoms with Crippen molar-refractivity contribution >= 4 is 69.4 Å². The van der Waals surface area contributed by atoms with Gasteiger partial charge in [-0.25, -0.2) is 0 Å². The monoisotopic (exact) mass is 576 g/mol. The van der Waals surface area contributed by atoms with Crippen LogP contribution in [0, 0.1) is 16.2 Å². The zero-order valence-corrected chi connectivity index (χ0v) is 25.3. The molecule has 0 rings (SSSR count). The summed E-state index contributed by atoms with van der Waals surface area (Å²) in [6.45, 7) is 18.2. The number of rotatable bonds is 12. The van der Waals surface area contributed by atoms with Crippen molar-refractivity contribution in [3.05, 3.63) is 37.0 Å². The van der Waals surface area contributed by atoms with Crippen LogP contribution in [0.3, 0.4) is 0 Å². The van der Waals surface area contributed by atoms with E-state index in [-0.39, 0.29) is 17.4 Å².